The Bertz CT molecular complexity index is 1140. The molecule has 2 unspecified atom stereocenters. The Labute approximate surface area is 220 Å². The summed E-state index contributed by atoms with van der Waals surface area (Å²) in [5.74, 6) is -0.880. The highest BCUT2D eigenvalue weighted by Gasteiger charge is 2.43. The van der Waals surface area contributed by atoms with Gasteiger partial charge in [0.2, 0.25) is 0 Å². The van der Waals surface area contributed by atoms with E-state index in [1.54, 1.807) is 23.6 Å². The van der Waals surface area contributed by atoms with Gasteiger partial charge in [-0.25, -0.2) is 0 Å². The molecule has 3 rings (SSSR count). The van der Waals surface area contributed by atoms with Gasteiger partial charge in [0.25, 0.3) is 11.8 Å². The highest BCUT2D eigenvalue weighted by atomic mass is 16.5. The summed E-state index contributed by atoms with van der Waals surface area (Å²) >= 11 is 0. The molecular formula is C30H37N3O4. The number of unbranched alkanes of at least 4 members (excludes halogenated alkanes) is 3. The number of nitriles is 1. The van der Waals surface area contributed by atoms with Crippen LogP contribution in [0.3, 0.4) is 0 Å². The van der Waals surface area contributed by atoms with E-state index < -0.39 is 18.1 Å². The lowest BCUT2D eigenvalue weighted by Gasteiger charge is -2.36. The van der Waals surface area contributed by atoms with Crippen LogP contribution in [0.25, 0.3) is 0 Å². The Morgan fingerprint density at radius 3 is 2.43 bits per heavy atom. The first kappa shape index (κ1) is 27.9. The van der Waals surface area contributed by atoms with Crippen molar-refractivity contribution in [3.63, 3.8) is 0 Å². The fourth-order valence-electron chi connectivity index (χ4n) is 4.94. The van der Waals surface area contributed by atoms with Crippen LogP contribution in [0.1, 0.15) is 87.3 Å². The molecule has 0 saturated carbocycles. The highest BCUT2D eigenvalue weighted by molar-refractivity contribution is 6.11. The zero-order valence-corrected chi connectivity index (χ0v) is 22.3. The number of carbonyl (C=O) groups is 3. The molecule has 0 spiro atoms. The van der Waals surface area contributed by atoms with E-state index in [0.717, 1.165) is 31.2 Å². The number of carbonyl (C=O) groups excluding carboxylic acids is 3. The minimum atomic E-state index is -0.873. The number of rotatable bonds is 11. The smallest absolute Gasteiger partial charge is 0.307 e. The first-order valence-electron chi connectivity index (χ1n) is 13.2. The van der Waals surface area contributed by atoms with E-state index in [0.29, 0.717) is 23.2 Å². The molecule has 0 bridgehead atoms. The molecule has 7 heteroatoms. The molecular weight excluding hydrogens is 466 g/mol. The quantitative estimate of drug-likeness (QED) is 0.294. The molecule has 196 valence electrons. The van der Waals surface area contributed by atoms with E-state index in [9.17, 15) is 14.4 Å². The lowest BCUT2D eigenvalue weighted by atomic mass is 9.99. The molecule has 0 radical (unpaired) electrons. The van der Waals surface area contributed by atoms with Crippen LogP contribution >= 0.6 is 0 Å². The molecule has 2 amide bonds. The van der Waals surface area contributed by atoms with Gasteiger partial charge in [-0.05, 0) is 70.2 Å². The van der Waals surface area contributed by atoms with Crippen molar-refractivity contribution in [2.45, 2.75) is 84.3 Å². The zero-order chi connectivity index (χ0) is 26.9. The number of ether oxygens (including phenoxy) is 1. The summed E-state index contributed by atoms with van der Waals surface area (Å²) in [6, 6.07) is 15.6. The Balaban J connectivity index is 2.08. The number of benzene rings is 2. The number of aryl methyl sites for hydroxylation is 1. The lowest BCUT2D eigenvalue weighted by Crippen LogP contribution is -2.48. The van der Waals surface area contributed by atoms with E-state index >= 15 is 0 Å². The lowest BCUT2D eigenvalue weighted by molar-refractivity contribution is -0.144. The maximum atomic E-state index is 14.2. The second-order valence-corrected chi connectivity index (χ2v) is 9.76. The van der Waals surface area contributed by atoms with Crippen LogP contribution in [-0.4, -0.2) is 41.4 Å². The van der Waals surface area contributed by atoms with Crippen LogP contribution in [0.2, 0.25) is 0 Å². The number of hydrogen-bond donors (Lipinski definition) is 0. The van der Waals surface area contributed by atoms with E-state index in [1.165, 1.54) is 0 Å². The predicted octanol–water partition coefficient (Wildman–Crippen LogP) is 5.59. The number of anilines is 1. The normalized spacial score (nSPS) is 16.3. The maximum Gasteiger partial charge on any atom is 0.307 e. The molecule has 2 atom stereocenters. The molecule has 0 fully saturated rings. The van der Waals surface area contributed by atoms with Crippen LogP contribution in [0.15, 0.2) is 48.5 Å². The van der Waals surface area contributed by atoms with Gasteiger partial charge in [0.1, 0.15) is 6.04 Å². The van der Waals surface area contributed by atoms with Crippen LogP contribution in [0, 0.1) is 11.3 Å². The van der Waals surface area contributed by atoms with Crippen molar-refractivity contribution in [3.05, 3.63) is 65.2 Å². The third kappa shape index (κ3) is 6.56. The van der Waals surface area contributed by atoms with Crippen molar-refractivity contribution in [1.29, 1.82) is 5.26 Å². The maximum absolute atomic E-state index is 14.2. The Hall–Kier alpha value is -3.66. The first-order valence-corrected chi connectivity index (χ1v) is 13.2. The van der Waals surface area contributed by atoms with Crippen LogP contribution in [0.5, 0.6) is 0 Å². The average Bonchev–Trinajstić information content (AvgIpc) is 2.96. The summed E-state index contributed by atoms with van der Waals surface area (Å²) in [5, 5.41) is 8.77. The molecule has 1 aliphatic rings. The average molecular weight is 504 g/mol. The number of nitrogens with zero attached hydrogens (tertiary/aromatic N) is 3. The largest absolute Gasteiger partial charge is 0.466 e. The summed E-state index contributed by atoms with van der Waals surface area (Å²) in [6.45, 7) is 7.67. The molecule has 1 heterocycles. The third-order valence-corrected chi connectivity index (χ3v) is 6.66. The minimum absolute atomic E-state index is 0.00815. The molecule has 7 nitrogen and oxygen atoms in total. The van der Waals surface area contributed by atoms with E-state index in [2.05, 4.69) is 6.07 Å². The van der Waals surface area contributed by atoms with Gasteiger partial charge in [0.15, 0.2) is 0 Å². The number of fused-ring (bicyclic) bond motifs is 1. The molecule has 1 aliphatic heterocycles. The molecule has 37 heavy (non-hydrogen) atoms. The second-order valence-electron chi connectivity index (χ2n) is 9.76. The minimum Gasteiger partial charge on any atom is -0.466 e. The van der Waals surface area contributed by atoms with Crippen LogP contribution < -0.4 is 4.90 Å². The molecule has 2 aromatic carbocycles. The van der Waals surface area contributed by atoms with Gasteiger partial charge in [-0.15, -0.1) is 0 Å². The topological polar surface area (TPSA) is 90.7 Å². The van der Waals surface area contributed by atoms with Crippen molar-refractivity contribution >= 4 is 23.5 Å². The number of amides is 2. The van der Waals surface area contributed by atoms with Crippen molar-refractivity contribution in [2.24, 2.45) is 0 Å². The van der Waals surface area contributed by atoms with Gasteiger partial charge in [-0.2, -0.15) is 5.26 Å². The van der Waals surface area contributed by atoms with E-state index in [1.807, 2.05) is 62.4 Å². The summed E-state index contributed by atoms with van der Waals surface area (Å²) in [6.07, 6.45) is 4.02. The van der Waals surface area contributed by atoms with Crippen LogP contribution in [0.4, 0.5) is 5.69 Å². The summed E-state index contributed by atoms with van der Waals surface area (Å²) in [4.78, 5) is 44.1. The number of esters is 1. The van der Waals surface area contributed by atoms with Crippen molar-refractivity contribution in [2.75, 3.05) is 11.5 Å². The fourth-order valence-corrected chi connectivity index (χ4v) is 4.94. The molecule has 0 N–H and O–H groups in total. The summed E-state index contributed by atoms with van der Waals surface area (Å²) < 4.78 is 5.17. The first-order chi connectivity index (χ1) is 17.8. The van der Waals surface area contributed by atoms with Crippen LogP contribution in [-0.2, 0) is 20.7 Å². The van der Waals surface area contributed by atoms with Gasteiger partial charge in [-0.1, -0.05) is 42.8 Å². The third-order valence-electron chi connectivity index (χ3n) is 6.66. The van der Waals surface area contributed by atoms with Gasteiger partial charge < -0.3 is 14.5 Å². The molecule has 0 aliphatic carbocycles. The van der Waals surface area contributed by atoms with Gasteiger partial charge in [-0.3, -0.25) is 14.4 Å². The standard InChI is InChI=1S/C30H37N3O4/c1-5-37-27(34)19-22(4)33-28(24-14-10-8-11-15-24)30(36)32(21(2)3)26-17-16-23(20-25(26)29(33)35)13-9-6-7-12-18-31/h8,10-11,14-17,20-22,28H,5-7,9,12-13,19H2,1-4H3. The van der Waals surface area contributed by atoms with E-state index in [4.69, 9.17) is 10.00 Å². The van der Waals surface area contributed by atoms with Gasteiger partial charge >= 0.3 is 5.97 Å². The fraction of sp³-hybridized carbons (Fsp3) is 0.467. The molecule has 2 aromatic rings. The van der Waals surface area contributed by atoms with Crippen molar-refractivity contribution in [1.82, 2.24) is 4.90 Å². The summed E-state index contributed by atoms with van der Waals surface area (Å²) in [5.41, 5.74) is 2.76. The Morgan fingerprint density at radius 1 is 1.05 bits per heavy atom. The van der Waals surface area contributed by atoms with Gasteiger partial charge in [0, 0.05) is 18.5 Å². The summed E-state index contributed by atoms with van der Waals surface area (Å²) in [7, 11) is 0. The van der Waals surface area contributed by atoms with Crippen molar-refractivity contribution in [3.8, 4) is 6.07 Å². The predicted molar refractivity (Wildman–Crippen MR) is 143 cm³/mol. The molecule has 0 saturated heterocycles. The Morgan fingerprint density at radius 2 is 1.78 bits per heavy atom. The highest BCUT2D eigenvalue weighted by Crippen LogP contribution is 2.38. The monoisotopic (exact) mass is 503 g/mol. The van der Waals surface area contributed by atoms with Gasteiger partial charge in [0.05, 0.1) is 30.3 Å². The SMILES string of the molecule is CCOC(=O)CC(C)N1C(=O)c2cc(CCCCCC#N)ccc2N(C(C)C)C(=O)C1c1ccccc1. The van der Waals surface area contributed by atoms with Crippen molar-refractivity contribution < 1.29 is 19.1 Å². The Kier molecular flexibility index (Phi) is 9.85. The van der Waals surface area contributed by atoms with E-state index in [-0.39, 0.29) is 30.9 Å². The second kappa shape index (κ2) is 13.0. The number of hydrogen-bond acceptors (Lipinski definition) is 5. The zero-order valence-electron chi connectivity index (χ0n) is 22.3. The molecule has 0 aromatic heterocycles.